The molecular formula is C27H26N6O. The highest BCUT2D eigenvalue weighted by Crippen LogP contribution is 2.53. The number of ketones is 1. The molecule has 0 radical (unpaired) electrons. The summed E-state index contributed by atoms with van der Waals surface area (Å²) in [7, 11) is 0. The molecule has 34 heavy (non-hydrogen) atoms. The quantitative estimate of drug-likeness (QED) is 0.527. The second kappa shape index (κ2) is 7.92. The van der Waals surface area contributed by atoms with Crippen molar-refractivity contribution in [2.24, 2.45) is 5.41 Å². The predicted octanol–water partition coefficient (Wildman–Crippen LogP) is 4.74. The van der Waals surface area contributed by atoms with E-state index in [1.165, 1.54) is 0 Å². The van der Waals surface area contributed by atoms with E-state index < -0.39 is 5.92 Å². The average Bonchev–Trinajstić information content (AvgIpc) is 2.80. The van der Waals surface area contributed by atoms with Crippen LogP contribution in [0.15, 0.2) is 71.9 Å². The van der Waals surface area contributed by atoms with Crippen LogP contribution in [0.5, 0.6) is 0 Å². The molecule has 170 valence electrons. The Kier molecular flexibility index (Phi) is 5.02. The molecule has 0 bridgehead atoms. The van der Waals surface area contributed by atoms with Crippen LogP contribution in [0.2, 0.25) is 0 Å². The van der Waals surface area contributed by atoms with Gasteiger partial charge < -0.3 is 11.5 Å². The van der Waals surface area contributed by atoms with Crippen LogP contribution in [0, 0.1) is 16.7 Å². The molecule has 1 atom stereocenters. The number of pyridine rings is 1. The molecule has 1 aliphatic heterocycles. The minimum atomic E-state index is -0.441. The number of fused-ring (bicyclic) bond motifs is 1. The van der Waals surface area contributed by atoms with Gasteiger partial charge in [-0.3, -0.25) is 10.2 Å². The number of nitriles is 1. The number of hydrogen-bond donors (Lipinski definition) is 3. The lowest BCUT2D eigenvalue weighted by molar-refractivity contribution is -0.118. The van der Waals surface area contributed by atoms with Gasteiger partial charge in [-0.15, -0.1) is 0 Å². The summed E-state index contributed by atoms with van der Waals surface area (Å²) in [5.41, 5.74) is 20.3. The zero-order valence-electron chi connectivity index (χ0n) is 19.2. The monoisotopic (exact) mass is 450 g/mol. The van der Waals surface area contributed by atoms with Crippen LogP contribution in [0.1, 0.15) is 49.3 Å². The molecule has 7 nitrogen and oxygen atoms in total. The number of Topliss-reactive ketones (excluding diaryl/α,β-unsaturated/α-hetero) is 1. The van der Waals surface area contributed by atoms with Crippen LogP contribution >= 0.6 is 0 Å². The number of hydrogen-bond acceptors (Lipinski definition) is 7. The van der Waals surface area contributed by atoms with Crippen molar-refractivity contribution in [3.8, 4) is 6.07 Å². The summed E-state index contributed by atoms with van der Waals surface area (Å²) in [4.78, 5) is 18.4. The largest absolute Gasteiger partial charge is 0.397 e. The molecule has 0 saturated carbocycles. The molecule has 3 aromatic rings. The van der Waals surface area contributed by atoms with E-state index in [9.17, 15) is 10.1 Å². The van der Waals surface area contributed by atoms with Gasteiger partial charge in [0.25, 0.3) is 0 Å². The molecule has 0 spiro atoms. The van der Waals surface area contributed by atoms with E-state index in [0.29, 0.717) is 29.8 Å². The number of hydrazine groups is 1. The van der Waals surface area contributed by atoms with Crippen molar-refractivity contribution in [3.63, 3.8) is 0 Å². The van der Waals surface area contributed by atoms with E-state index in [4.69, 9.17) is 11.5 Å². The number of para-hydroxylation sites is 1. The third-order valence-electron chi connectivity index (χ3n) is 6.50. The second-order valence-electron chi connectivity index (χ2n) is 9.59. The molecular weight excluding hydrogens is 424 g/mol. The fourth-order valence-corrected chi connectivity index (χ4v) is 5.04. The highest BCUT2D eigenvalue weighted by atomic mass is 16.1. The summed E-state index contributed by atoms with van der Waals surface area (Å²) >= 11 is 0. The molecule has 2 aromatic carbocycles. The third kappa shape index (κ3) is 3.44. The van der Waals surface area contributed by atoms with Gasteiger partial charge >= 0.3 is 0 Å². The Morgan fingerprint density at radius 1 is 1.06 bits per heavy atom. The Morgan fingerprint density at radius 2 is 1.71 bits per heavy atom. The number of anilines is 4. The molecule has 0 fully saturated rings. The number of rotatable bonds is 3. The number of nitrogens with one attached hydrogen (secondary N) is 1. The van der Waals surface area contributed by atoms with Crippen LogP contribution in [0.25, 0.3) is 0 Å². The second-order valence-corrected chi connectivity index (χ2v) is 9.59. The predicted molar refractivity (Wildman–Crippen MR) is 134 cm³/mol. The van der Waals surface area contributed by atoms with Crippen molar-refractivity contribution in [1.82, 2.24) is 4.98 Å². The minimum absolute atomic E-state index is 0.0656. The molecule has 2 aliphatic rings. The van der Waals surface area contributed by atoms with Gasteiger partial charge in [-0.25, -0.2) is 9.99 Å². The first kappa shape index (κ1) is 21.5. The normalized spacial score (nSPS) is 18.7. The lowest BCUT2D eigenvalue weighted by Crippen LogP contribution is -2.43. The van der Waals surface area contributed by atoms with Crippen LogP contribution in [-0.2, 0) is 4.79 Å². The van der Waals surface area contributed by atoms with E-state index in [1.54, 1.807) is 0 Å². The first-order chi connectivity index (χ1) is 16.3. The van der Waals surface area contributed by atoms with Crippen molar-refractivity contribution in [2.75, 3.05) is 21.9 Å². The van der Waals surface area contributed by atoms with Crippen molar-refractivity contribution in [1.29, 1.82) is 5.26 Å². The Bertz CT molecular complexity index is 1360. The molecule has 0 saturated heterocycles. The maximum atomic E-state index is 13.7. The molecule has 1 unspecified atom stereocenters. The van der Waals surface area contributed by atoms with Crippen LogP contribution in [-0.4, -0.2) is 10.8 Å². The van der Waals surface area contributed by atoms with Gasteiger partial charge in [0, 0.05) is 23.5 Å². The Balaban J connectivity index is 1.84. The number of carbonyl (C=O) groups is 1. The van der Waals surface area contributed by atoms with Gasteiger partial charge in [-0.05, 0) is 29.5 Å². The fourth-order valence-electron chi connectivity index (χ4n) is 5.04. The highest BCUT2D eigenvalue weighted by molar-refractivity contribution is 6.03. The van der Waals surface area contributed by atoms with E-state index >= 15 is 0 Å². The van der Waals surface area contributed by atoms with E-state index in [0.717, 1.165) is 16.9 Å². The third-order valence-corrected chi connectivity index (χ3v) is 6.50. The van der Waals surface area contributed by atoms with Gasteiger partial charge in [-0.1, -0.05) is 62.4 Å². The summed E-state index contributed by atoms with van der Waals surface area (Å²) in [6.07, 6.45) is 1.09. The Labute approximate surface area is 198 Å². The van der Waals surface area contributed by atoms with Gasteiger partial charge in [0.1, 0.15) is 17.5 Å². The van der Waals surface area contributed by atoms with Crippen molar-refractivity contribution < 1.29 is 4.79 Å². The summed E-state index contributed by atoms with van der Waals surface area (Å²) in [6, 6.07) is 21.5. The van der Waals surface area contributed by atoms with Gasteiger partial charge in [-0.2, -0.15) is 5.26 Å². The van der Waals surface area contributed by atoms with Crippen LogP contribution in [0.3, 0.4) is 0 Å². The number of benzene rings is 2. The number of carbonyl (C=O) groups excluding carboxylic acids is 1. The smallest absolute Gasteiger partial charge is 0.162 e. The lowest BCUT2D eigenvalue weighted by Gasteiger charge is -2.44. The van der Waals surface area contributed by atoms with E-state index in [1.807, 2.05) is 65.7 Å². The molecule has 1 aromatic heterocycles. The molecule has 5 rings (SSSR count). The Morgan fingerprint density at radius 3 is 2.35 bits per heavy atom. The molecule has 0 amide bonds. The lowest BCUT2D eigenvalue weighted by atomic mass is 9.68. The standard InChI is InChI=1S/C27H26N6O/c1-27(2)13-19-22(20(34)14-27)21(16-9-5-3-6-10-16)23-24(29)18(15-28)25(30)31-26(23)33(19)32-17-11-7-4-8-12-17/h3-12,21,32H,13-14H2,1-2H3,(H4,29,30,31). The number of nitrogens with zero attached hydrogens (tertiary/aromatic N) is 3. The summed E-state index contributed by atoms with van der Waals surface area (Å²) in [5.74, 6) is 0.205. The number of allylic oxidation sites excluding steroid dienone is 2. The molecule has 1 aliphatic carbocycles. The number of nitrogen functional groups attached to an aromatic ring is 2. The number of nitrogens with two attached hydrogens (primary N) is 2. The number of aromatic nitrogens is 1. The van der Waals surface area contributed by atoms with Gasteiger partial charge in [0.05, 0.1) is 17.1 Å². The minimum Gasteiger partial charge on any atom is -0.397 e. The van der Waals surface area contributed by atoms with Crippen LogP contribution in [0.4, 0.5) is 23.0 Å². The van der Waals surface area contributed by atoms with Crippen molar-refractivity contribution in [2.45, 2.75) is 32.6 Å². The summed E-state index contributed by atoms with van der Waals surface area (Å²) in [6.45, 7) is 4.19. The van der Waals surface area contributed by atoms with Crippen LogP contribution < -0.4 is 21.9 Å². The highest BCUT2D eigenvalue weighted by Gasteiger charge is 2.45. The van der Waals surface area contributed by atoms with Crippen molar-refractivity contribution >= 4 is 28.8 Å². The maximum absolute atomic E-state index is 13.7. The summed E-state index contributed by atoms with van der Waals surface area (Å²) in [5, 5.41) is 11.6. The maximum Gasteiger partial charge on any atom is 0.162 e. The molecule has 5 N–H and O–H groups in total. The van der Waals surface area contributed by atoms with Gasteiger partial charge in [0.15, 0.2) is 11.6 Å². The zero-order chi connectivity index (χ0) is 24.0. The fraction of sp³-hybridized carbons (Fsp3) is 0.222. The van der Waals surface area contributed by atoms with E-state index in [-0.39, 0.29) is 28.3 Å². The Hall–Kier alpha value is -4.31. The zero-order valence-corrected chi connectivity index (χ0v) is 19.2. The topological polar surface area (TPSA) is 121 Å². The van der Waals surface area contributed by atoms with Crippen molar-refractivity contribution in [3.05, 3.63) is 88.6 Å². The van der Waals surface area contributed by atoms with E-state index in [2.05, 4.69) is 30.3 Å². The first-order valence-electron chi connectivity index (χ1n) is 11.2. The molecule has 7 heteroatoms. The summed E-state index contributed by atoms with van der Waals surface area (Å²) < 4.78 is 0. The average molecular weight is 451 g/mol. The molecule has 2 heterocycles. The SMILES string of the molecule is CC1(C)CC(=O)C2=C(C1)N(Nc1ccccc1)c1nc(N)c(C#N)c(N)c1C2c1ccccc1. The van der Waals surface area contributed by atoms with Gasteiger partial charge in [0.2, 0.25) is 0 Å². The first-order valence-corrected chi connectivity index (χ1v) is 11.2.